The van der Waals surface area contributed by atoms with Crippen molar-refractivity contribution in [1.29, 1.82) is 0 Å². The fraction of sp³-hybridized carbons (Fsp3) is 0. The number of hydrogen-bond donors (Lipinski definition) is 0. The summed E-state index contributed by atoms with van der Waals surface area (Å²) in [5.41, 5.74) is 16.1. The van der Waals surface area contributed by atoms with Crippen LogP contribution in [0.2, 0.25) is 0 Å². The molecule has 2 heterocycles. The van der Waals surface area contributed by atoms with Gasteiger partial charge in [-0.05, 0) is 128 Å². The normalized spacial score (nSPS) is 11.6. The zero-order valence-corrected chi connectivity index (χ0v) is 33.1. The lowest BCUT2D eigenvalue weighted by molar-refractivity contribution is 0.668. The summed E-state index contributed by atoms with van der Waals surface area (Å²) in [6, 6.07) is 80.0. The van der Waals surface area contributed by atoms with Crippen LogP contribution < -0.4 is 4.90 Å². The molecular formula is C58H37NO2. The third-order valence-electron chi connectivity index (χ3n) is 12.1. The maximum Gasteiger partial charge on any atom is 0.137 e. The van der Waals surface area contributed by atoms with Crippen LogP contribution in [0.3, 0.4) is 0 Å². The van der Waals surface area contributed by atoms with Crippen LogP contribution in [0.5, 0.6) is 0 Å². The predicted molar refractivity (Wildman–Crippen MR) is 255 cm³/mol. The third kappa shape index (κ3) is 6.06. The molecule has 0 spiro atoms. The van der Waals surface area contributed by atoms with Crippen molar-refractivity contribution in [3.8, 4) is 44.5 Å². The first kappa shape index (κ1) is 34.9. The first-order valence-electron chi connectivity index (χ1n) is 20.7. The number of furan rings is 2. The van der Waals surface area contributed by atoms with Gasteiger partial charge in [-0.25, -0.2) is 0 Å². The Morgan fingerprint density at radius 3 is 1.39 bits per heavy atom. The van der Waals surface area contributed by atoms with E-state index in [0.717, 1.165) is 77.6 Å². The van der Waals surface area contributed by atoms with Gasteiger partial charge in [-0.15, -0.1) is 0 Å². The Labute approximate surface area is 353 Å². The van der Waals surface area contributed by atoms with Crippen LogP contribution in [-0.4, -0.2) is 0 Å². The van der Waals surface area contributed by atoms with Gasteiger partial charge in [0.2, 0.25) is 0 Å². The van der Waals surface area contributed by atoms with Gasteiger partial charge < -0.3 is 13.7 Å². The van der Waals surface area contributed by atoms with Crippen molar-refractivity contribution in [2.75, 3.05) is 4.90 Å². The molecule has 0 saturated heterocycles. The first-order chi connectivity index (χ1) is 30.2. The third-order valence-corrected chi connectivity index (χ3v) is 12.1. The predicted octanol–water partition coefficient (Wildman–Crippen LogP) is 16.8. The molecule has 0 aliphatic carbocycles. The van der Waals surface area contributed by atoms with E-state index < -0.39 is 0 Å². The Bertz CT molecular complexity index is 3590. The van der Waals surface area contributed by atoms with E-state index in [9.17, 15) is 0 Å². The highest BCUT2D eigenvalue weighted by molar-refractivity contribution is 6.14. The van der Waals surface area contributed by atoms with E-state index in [1.54, 1.807) is 0 Å². The highest BCUT2D eigenvalue weighted by atomic mass is 16.3. The Balaban J connectivity index is 0.928. The topological polar surface area (TPSA) is 29.5 Å². The number of anilines is 3. The SMILES string of the molecule is c1cc(-c2ccc(N(c3ccc(-c4cccc5oc6ccccc6c45)cc3)c3cccc4oc5ccccc5c34)cc2)cc(-c2cccc(-c3ccc4ccccc4c3)c2)c1. The molecule has 0 saturated carbocycles. The summed E-state index contributed by atoms with van der Waals surface area (Å²) >= 11 is 0. The zero-order chi connectivity index (χ0) is 40.3. The fourth-order valence-corrected chi connectivity index (χ4v) is 9.10. The van der Waals surface area contributed by atoms with Crippen molar-refractivity contribution in [3.63, 3.8) is 0 Å². The van der Waals surface area contributed by atoms with Gasteiger partial charge in [-0.2, -0.15) is 0 Å². The van der Waals surface area contributed by atoms with Gasteiger partial charge in [0.15, 0.2) is 0 Å². The van der Waals surface area contributed by atoms with Gasteiger partial charge >= 0.3 is 0 Å². The van der Waals surface area contributed by atoms with Crippen molar-refractivity contribution in [2.45, 2.75) is 0 Å². The van der Waals surface area contributed by atoms with Crippen molar-refractivity contribution < 1.29 is 8.83 Å². The number of nitrogens with zero attached hydrogens (tertiary/aromatic N) is 1. The van der Waals surface area contributed by atoms with Crippen molar-refractivity contribution in [2.24, 2.45) is 0 Å². The summed E-state index contributed by atoms with van der Waals surface area (Å²) in [4.78, 5) is 2.35. The van der Waals surface area contributed by atoms with Gasteiger partial charge in [-0.1, -0.05) is 152 Å². The number of fused-ring (bicyclic) bond motifs is 7. The smallest absolute Gasteiger partial charge is 0.137 e. The second-order valence-electron chi connectivity index (χ2n) is 15.7. The number of hydrogen-bond acceptors (Lipinski definition) is 3. The summed E-state index contributed by atoms with van der Waals surface area (Å²) < 4.78 is 12.6. The Hall–Kier alpha value is -8.14. The first-order valence-corrected chi connectivity index (χ1v) is 20.7. The molecule has 0 aliphatic rings. The monoisotopic (exact) mass is 779 g/mol. The molecule has 0 radical (unpaired) electrons. The van der Waals surface area contributed by atoms with Crippen LogP contribution in [0.25, 0.3) is 99.2 Å². The van der Waals surface area contributed by atoms with Gasteiger partial charge in [0, 0.05) is 27.5 Å². The summed E-state index contributed by atoms with van der Waals surface area (Å²) in [7, 11) is 0. The zero-order valence-electron chi connectivity index (χ0n) is 33.1. The lowest BCUT2D eigenvalue weighted by Gasteiger charge is -2.26. The lowest BCUT2D eigenvalue weighted by atomic mass is 9.95. The van der Waals surface area contributed by atoms with Crippen molar-refractivity contribution >= 4 is 71.7 Å². The van der Waals surface area contributed by atoms with E-state index in [1.807, 2.05) is 24.3 Å². The average molecular weight is 780 g/mol. The number of para-hydroxylation sites is 2. The molecule has 3 nitrogen and oxygen atoms in total. The molecule has 0 unspecified atom stereocenters. The molecular weight excluding hydrogens is 743 g/mol. The summed E-state index contributed by atoms with van der Waals surface area (Å²) in [5.74, 6) is 0. The number of benzene rings is 10. The van der Waals surface area contributed by atoms with Crippen LogP contribution in [-0.2, 0) is 0 Å². The standard InChI is InChI=1S/C58H37NO2/c1-2-12-41-36-46(26-25-38(41)11-1)45-16-8-15-44(37-45)43-14-7-13-42(35-43)39-27-31-47(32-28-39)59(52-20-10-24-56-58(52)51-18-4-6-22-54(51)61-56)48-33-29-40(30-34-48)49-19-9-23-55-57(49)50-17-3-5-21-53(50)60-55/h1-37H. The largest absolute Gasteiger partial charge is 0.456 e. The maximum atomic E-state index is 6.40. The van der Waals surface area contributed by atoms with E-state index in [1.165, 1.54) is 38.6 Å². The lowest BCUT2D eigenvalue weighted by Crippen LogP contribution is -2.10. The van der Waals surface area contributed by atoms with Crippen LogP contribution >= 0.6 is 0 Å². The molecule has 3 heteroatoms. The molecule has 2 aromatic heterocycles. The van der Waals surface area contributed by atoms with E-state index in [2.05, 4.69) is 205 Å². The van der Waals surface area contributed by atoms with Gasteiger partial charge in [0.05, 0.1) is 11.1 Å². The van der Waals surface area contributed by atoms with Gasteiger partial charge in [0.1, 0.15) is 22.3 Å². The van der Waals surface area contributed by atoms with E-state index >= 15 is 0 Å². The van der Waals surface area contributed by atoms with Gasteiger partial charge in [0.25, 0.3) is 0 Å². The molecule has 0 amide bonds. The molecule has 0 atom stereocenters. The minimum Gasteiger partial charge on any atom is -0.456 e. The molecule has 12 rings (SSSR count). The molecule has 10 aromatic carbocycles. The van der Waals surface area contributed by atoms with Crippen LogP contribution in [0, 0.1) is 0 Å². The molecule has 0 bridgehead atoms. The van der Waals surface area contributed by atoms with Crippen molar-refractivity contribution in [3.05, 3.63) is 224 Å². The highest BCUT2D eigenvalue weighted by Crippen LogP contribution is 2.44. The molecule has 0 N–H and O–H groups in total. The van der Waals surface area contributed by atoms with Crippen LogP contribution in [0.15, 0.2) is 233 Å². The summed E-state index contributed by atoms with van der Waals surface area (Å²) in [6.07, 6.45) is 0. The Kier molecular flexibility index (Phi) is 8.17. The Morgan fingerprint density at radius 2 is 0.738 bits per heavy atom. The summed E-state index contributed by atoms with van der Waals surface area (Å²) in [6.45, 7) is 0. The Morgan fingerprint density at radius 1 is 0.279 bits per heavy atom. The fourth-order valence-electron chi connectivity index (χ4n) is 9.10. The molecule has 12 aromatic rings. The quantitative estimate of drug-likeness (QED) is 0.161. The maximum absolute atomic E-state index is 6.40. The molecule has 61 heavy (non-hydrogen) atoms. The van der Waals surface area contributed by atoms with Gasteiger partial charge in [-0.3, -0.25) is 0 Å². The van der Waals surface area contributed by atoms with E-state index in [4.69, 9.17) is 8.83 Å². The van der Waals surface area contributed by atoms with Crippen LogP contribution in [0.1, 0.15) is 0 Å². The summed E-state index contributed by atoms with van der Waals surface area (Å²) in [5, 5.41) is 6.93. The molecule has 286 valence electrons. The molecule has 0 aliphatic heterocycles. The highest BCUT2D eigenvalue weighted by Gasteiger charge is 2.20. The number of rotatable bonds is 7. The van der Waals surface area contributed by atoms with E-state index in [0.29, 0.717) is 0 Å². The second kappa shape index (κ2) is 14.3. The minimum absolute atomic E-state index is 0.858. The van der Waals surface area contributed by atoms with Crippen LogP contribution in [0.4, 0.5) is 17.1 Å². The second-order valence-corrected chi connectivity index (χ2v) is 15.7. The van der Waals surface area contributed by atoms with Crippen molar-refractivity contribution in [1.82, 2.24) is 0 Å². The molecule has 0 fully saturated rings. The minimum atomic E-state index is 0.858. The average Bonchev–Trinajstić information content (AvgIpc) is 3.91. The van der Waals surface area contributed by atoms with E-state index in [-0.39, 0.29) is 0 Å².